The molecule has 0 aromatic heterocycles. The second-order valence-electron chi connectivity index (χ2n) is 6.81. The molecule has 0 atom stereocenters. The molecular weight excluding hydrogens is 481 g/mol. The normalized spacial score (nSPS) is 11.8. The molecule has 0 unspecified atom stereocenters. The second-order valence-corrected chi connectivity index (χ2v) is 8.98. The number of rotatable bonds is 8. The Morgan fingerprint density at radius 2 is 1.64 bits per heavy atom. The highest BCUT2D eigenvalue weighted by Gasteiger charge is 2.31. The summed E-state index contributed by atoms with van der Waals surface area (Å²) in [5, 5.41) is 2.20. The molecule has 3 aromatic rings. The second kappa shape index (κ2) is 10.2. The highest BCUT2D eigenvalue weighted by atomic mass is 35.5. The van der Waals surface area contributed by atoms with Gasteiger partial charge in [0.25, 0.3) is 5.91 Å². The van der Waals surface area contributed by atoms with Crippen molar-refractivity contribution in [2.24, 2.45) is 0 Å². The maximum Gasteiger partial charge on any atom is 0.416 e. The Labute approximate surface area is 193 Å². The van der Waals surface area contributed by atoms with E-state index in [1.807, 2.05) is 6.07 Å². The molecule has 0 saturated carbocycles. The summed E-state index contributed by atoms with van der Waals surface area (Å²) in [4.78, 5) is 12.1. The quantitative estimate of drug-likeness (QED) is 0.465. The maximum atomic E-state index is 12.8. The van der Waals surface area contributed by atoms with Crippen molar-refractivity contribution in [2.45, 2.75) is 17.6 Å². The number of sulfonamides is 1. The van der Waals surface area contributed by atoms with E-state index in [-0.39, 0.29) is 27.9 Å². The van der Waals surface area contributed by atoms with Crippen LogP contribution in [0, 0.1) is 0 Å². The fraction of sp³-hybridized carbons (Fsp3) is 0.136. The Hall–Kier alpha value is -3.08. The van der Waals surface area contributed by atoms with Crippen LogP contribution in [-0.4, -0.2) is 20.9 Å². The number of anilines is 1. The smallest absolute Gasteiger partial charge is 0.416 e. The molecular formula is C22H18ClF3N2O4S. The fourth-order valence-corrected chi connectivity index (χ4v) is 3.89. The Morgan fingerprint density at radius 3 is 2.27 bits per heavy atom. The maximum absolute atomic E-state index is 12.8. The van der Waals surface area contributed by atoms with Crippen LogP contribution in [0.25, 0.3) is 0 Å². The van der Waals surface area contributed by atoms with Gasteiger partial charge in [-0.1, -0.05) is 41.9 Å². The first-order valence-corrected chi connectivity index (χ1v) is 11.3. The number of alkyl halides is 3. The van der Waals surface area contributed by atoms with Crippen molar-refractivity contribution in [2.75, 3.05) is 11.9 Å². The van der Waals surface area contributed by atoms with Gasteiger partial charge in [0.05, 0.1) is 21.2 Å². The number of benzene rings is 3. The van der Waals surface area contributed by atoms with Gasteiger partial charge in [-0.2, -0.15) is 13.2 Å². The molecule has 11 heteroatoms. The van der Waals surface area contributed by atoms with E-state index in [4.69, 9.17) is 16.3 Å². The number of nitrogens with one attached hydrogen (secondary N) is 2. The zero-order valence-corrected chi connectivity index (χ0v) is 18.5. The van der Waals surface area contributed by atoms with Crippen molar-refractivity contribution in [1.82, 2.24) is 4.72 Å². The van der Waals surface area contributed by atoms with E-state index < -0.39 is 34.3 Å². The van der Waals surface area contributed by atoms with Crippen LogP contribution in [0.1, 0.15) is 11.1 Å². The van der Waals surface area contributed by atoms with Crippen LogP contribution in [0.3, 0.4) is 0 Å². The molecule has 0 aliphatic heterocycles. The summed E-state index contributed by atoms with van der Waals surface area (Å²) < 4.78 is 71.1. The molecule has 0 aliphatic rings. The van der Waals surface area contributed by atoms with Crippen LogP contribution in [0.2, 0.25) is 5.02 Å². The number of hydrogen-bond donors (Lipinski definition) is 2. The molecule has 0 aliphatic carbocycles. The van der Waals surface area contributed by atoms with Gasteiger partial charge < -0.3 is 10.1 Å². The van der Waals surface area contributed by atoms with Crippen molar-refractivity contribution in [3.63, 3.8) is 0 Å². The van der Waals surface area contributed by atoms with Gasteiger partial charge in [0.1, 0.15) is 5.75 Å². The van der Waals surface area contributed by atoms with Gasteiger partial charge in [-0.15, -0.1) is 0 Å². The molecule has 0 saturated heterocycles. The van der Waals surface area contributed by atoms with E-state index in [1.165, 1.54) is 24.3 Å². The van der Waals surface area contributed by atoms with E-state index in [1.54, 1.807) is 24.3 Å². The van der Waals surface area contributed by atoms with Gasteiger partial charge in [0.2, 0.25) is 10.0 Å². The van der Waals surface area contributed by atoms with Gasteiger partial charge >= 0.3 is 6.18 Å². The number of carbonyl (C=O) groups excluding carboxylic acids is 1. The van der Waals surface area contributed by atoms with E-state index in [0.717, 1.165) is 23.8 Å². The van der Waals surface area contributed by atoms with Crippen LogP contribution < -0.4 is 14.8 Å². The standard InChI is InChI=1S/C22H18ClF3N2O4S/c23-19-11-6-16(22(24,25)26)12-20(19)28-21(29)14-32-17-7-9-18(10-8-17)33(30,31)27-13-15-4-2-1-3-5-15/h1-12,27H,13-14H2,(H,28,29). The molecule has 174 valence electrons. The minimum absolute atomic E-state index is 0.00554. The van der Waals surface area contributed by atoms with Crippen LogP contribution in [0.5, 0.6) is 5.75 Å². The highest BCUT2D eigenvalue weighted by molar-refractivity contribution is 7.89. The molecule has 1 amide bonds. The van der Waals surface area contributed by atoms with Crippen molar-refractivity contribution < 1.29 is 31.1 Å². The molecule has 0 fully saturated rings. The van der Waals surface area contributed by atoms with Gasteiger partial charge in [-0.3, -0.25) is 4.79 Å². The van der Waals surface area contributed by atoms with E-state index in [9.17, 15) is 26.4 Å². The van der Waals surface area contributed by atoms with Crippen LogP contribution >= 0.6 is 11.6 Å². The Bertz CT molecular complexity index is 1220. The lowest BCUT2D eigenvalue weighted by Gasteiger charge is -2.12. The van der Waals surface area contributed by atoms with Gasteiger partial charge in [-0.05, 0) is 48.0 Å². The lowest BCUT2D eigenvalue weighted by Crippen LogP contribution is -2.23. The fourth-order valence-electron chi connectivity index (χ4n) is 2.71. The van der Waals surface area contributed by atoms with Gasteiger partial charge in [-0.25, -0.2) is 13.1 Å². The molecule has 2 N–H and O–H groups in total. The predicted molar refractivity (Wildman–Crippen MR) is 117 cm³/mol. The zero-order chi connectivity index (χ0) is 24.1. The van der Waals surface area contributed by atoms with Gasteiger partial charge in [0.15, 0.2) is 6.61 Å². The minimum Gasteiger partial charge on any atom is -0.484 e. The lowest BCUT2D eigenvalue weighted by atomic mass is 10.2. The summed E-state index contributed by atoms with van der Waals surface area (Å²) in [6.07, 6.45) is -4.58. The van der Waals surface area contributed by atoms with Crippen molar-refractivity contribution in [3.8, 4) is 5.75 Å². The van der Waals surface area contributed by atoms with Gasteiger partial charge in [0, 0.05) is 6.54 Å². The highest BCUT2D eigenvalue weighted by Crippen LogP contribution is 2.33. The third kappa shape index (κ3) is 6.95. The Balaban J connectivity index is 1.56. The number of halogens is 4. The molecule has 0 bridgehead atoms. The lowest BCUT2D eigenvalue weighted by molar-refractivity contribution is -0.137. The molecule has 0 spiro atoms. The molecule has 33 heavy (non-hydrogen) atoms. The third-order valence-corrected chi connectivity index (χ3v) is 6.13. The number of carbonyl (C=O) groups is 1. The average molecular weight is 499 g/mol. The molecule has 0 heterocycles. The average Bonchev–Trinajstić information content (AvgIpc) is 2.78. The summed E-state index contributed by atoms with van der Waals surface area (Å²) in [6.45, 7) is -0.398. The first kappa shape index (κ1) is 24.6. The number of amides is 1. The summed E-state index contributed by atoms with van der Waals surface area (Å²) in [7, 11) is -3.76. The van der Waals surface area contributed by atoms with Crippen LogP contribution in [-0.2, 0) is 27.5 Å². The van der Waals surface area contributed by atoms with Crippen molar-refractivity contribution >= 4 is 33.2 Å². The summed E-state index contributed by atoms with van der Waals surface area (Å²) in [5.74, 6) is -0.542. The zero-order valence-electron chi connectivity index (χ0n) is 16.9. The summed E-state index contributed by atoms with van der Waals surface area (Å²) in [5.41, 5.74) is -0.361. The van der Waals surface area contributed by atoms with Crippen LogP contribution in [0.4, 0.5) is 18.9 Å². The predicted octanol–water partition coefficient (Wildman–Crippen LogP) is 4.85. The van der Waals surface area contributed by atoms with E-state index >= 15 is 0 Å². The van der Waals surface area contributed by atoms with Crippen LogP contribution in [0.15, 0.2) is 77.7 Å². The van der Waals surface area contributed by atoms with Crippen molar-refractivity contribution in [3.05, 3.63) is 88.9 Å². The first-order chi connectivity index (χ1) is 15.5. The molecule has 3 rings (SSSR count). The molecule has 0 radical (unpaired) electrons. The summed E-state index contributed by atoms with van der Waals surface area (Å²) in [6, 6.07) is 16.9. The molecule has 6 nitrogen and oxygen atoms in total. The third-order valence-electron chi connectivity index (χ3n) is 4.38. The SMILES string of the molecule is O=C(COc1ccc(S(=O)(=O)NCc2ccccc2)cc1)Nc1cc(C(F)(F)F)ccc1Cl. The largest absolute Gasteiger partial charge is 0.484 e. The minimum atomic E-state index is -4.58. The van der Waals surface area contributed by atoms with E-state index in [0.29, 0.717) is 0 Å². The number of ether oxygens (including phenoxy) is 1. The Morgan fingerprint density at radius 1 is 0.970 bits per heavy atom. The monoisotopic (exact) mass is 498 g/mol. The number of hydrogen-bond acceptors (Lipinski definition) is 4. The van der Waals surface area contributed by atoms with Crippen molar-refractivity contribution in [1.29, 1.82) is 0 Å². The first-order valence-electron chi connectivity index (χ1n) is 9.48. The topological polar surface area (TPSA) is 84.5 Å². The van der Waals surface area contributed by atoms with E-state index in [2.05, 4.69) is 10.0 Å². The Kier molecular flexibility index (Phi) is 7.62. The molecule has 3 aromatic carbocycles. The summed E-state index contributed by atoms with van der Waals surface area (Å²) >= 11 is 5.85.